The Morgan fingerprint density at radius 3 is 2.81 bits per heavy atom. The van der Waals surface area contributed by atoms with Gasteiger partial charge in [-0.25, -0.2) is 4.79 Å². The van der Waals surface area contributed by atoms with Gasteiger partial charge in [0.1, 0.15) is 43.1 Å². The van der Waals surface area contributed by atoms with Crippen molar-refractivity contribution in [2.75, 3.05) is 33.2 Å². The fraction of sp³-hybridized carbons (Fsp3) is 0.300. The van der Waals surface area contributed by atoms with E-state index < -0.39 is 0 Å². The molecule has 140 valence electrons. The number of benzene rings is 1. The monoisotopic (exact) mass is 403 g/mol. The van der Waals surface area contributed by atoms with E-state index in [2.05, 4.69) is 12.0 Å². The van der Waals surface area contributed by atoms with Gasteiger partial charge < -0.3 is 14.5 Å². The highest BCUT2D eigenvalue weighted by atomic mass is 35.5. The van der Waals surface area contributed by atoms with Crippen molar-refractivity contribution < 1.29 is 19.3 Å². The molecule has 5 nitrogen and oxygen atoms in total. The van der Waals surface area contributed by atoms with Crippen LogP contribution in [0.1, 0.15) is 15.2 Å². The van der Waals surface area contributed by atoms with Crippen molar-refractivity contribution >= 4 is 39.8 Å². The number of esters is 1. The zero-order chi connectivity index (χ0) is 18.8. The van der Waals surface area contributed by atoms with Crippen molar-refractivity contribution in [2.24, 2.45) is 0 Å². The van der Waals surface area contributed by atoms with Crippen molar-refractivity contribution in [2.45, 2.75) is 6.54 Å². The smallest absolute Gasteiger partial charge is 0.353 e. The van der Waals surface area contributed by atoms with Crippen LogP contribution in [0.3, 0.4) is 0 Å². The van der Waals surface area contributed by atoms with E-state index in [-0.39, 0.29) is 5.97 Å². The number of nitrogens with zero attached hydrogens (tertiary/aromatic N) is 1. The van der Waals surface area contributed by atoms with Gasteiger partial charge in [0.25, 0.3) is 0 Å². The van der Waals surface area contributed by atoms with Gasteiger partial charge in [0.2, 0.25) is 0 Å². The molecule has 1 saturated heterocycles. The third-order valence-electron chi connectivity index (χ3n) is 5.04. The number of piperazine rings is 1. The second-order valence-corrected chi connectivity index (χ2v) is 8.35. The second-order valence-electron chi connectivity index (χ2n) is 7.00. The van der Waals surface area contributed by atoms with Gasteiger partial charge in [0.15, 0.2) is 5.75 Å². The molecule has 0 spiro atoms. The number of halogens is 1. The summed E-state index contributed by atoms with van der Waals surface area (Å²) in [5.41, 5.74) is 1.58. The molecule has 1 fully saturated rings. The highest BCUT2D eigenvalue weighted by Crippen LogP contribution is 2.34. The molecule has 3 aromatic rings. The third-order valence-corrected chi connectivity index (χ3v) is 6.20. The first-order valence-corrected chi connectivity index (χ1v) is 10.3. The summed E-state index contributed by atoms with van der Waals surface area (Å²) in [4.78, 5) is 20.7. The van der Waals surface area contributed by atoms with Crippen LogP contribution in [0.2, 0.25) is 5.02 Å². The molecule has 0 radical (unpaired) electrons. The Morgan fingerprint density at radius 2 is 2.07 bits per heavy atom. The lowest BCUT2D eigenvalue weighted by Crippen LogP contribution is -3.26. The Morgan fingerprint density at radius 1 is 1.26 bits per heavy atom. The maximum Gasteiger partial charge on any atom is 0.353 e. The number of hydrogen-bond donors (Lipinski definition) is 2. The van der Waals surface area contributed by atoms with Gasteiger partial charge in [0, 0.05) is 11.6 Å². The number of fused-ring (bicyclic) bond motifs is 1. The minimum Gasteiger partial charge on any atom is -0.419 e. The van der Waals surface area contributed by atoms with Crippen LogP contribution in [0.5, 0.6) is 5.75 Å². The van der Waals surface area contributed by atoms with E-state index in [9.17, 15) is 4.79 Å². The average molecular weight is 404 g/mol. The molecule has 0 aliphatic carbocycles. The van der Waals surface area contributed by atoms with Crippen LogP contribution < -0.4 is 14.5 Å². The fourth-order valence-electron chi connectivity index (χ4n) is 3.49. The summed E-state index contributed by atoms with van der Waals surface area (Å²) in [7, 11) is 2.22. The third kappa shape index (κ3) is 3.99. The van der Waals surface area contributed by atoms with Gasteiger partial charge in [-0.05, 0) is 29.6 Å². The first-order valence-electron chi connectivity index (χ1n) is 9.08. The van der Waals surface area contributed by atoms with Crippen LogP contribution in [-0.4, -0.2) is 44.2 Å². The summed E-state index contributed by atoms with van der Waals surface area (Å²) in [5.74, 6) is 0.186. The zero-order valence-electron chi connectivity index (χ0n) is 15.1. The van der Waals surface area contributed by atoms with Gasteiger partial charge in [0.05, 0.1) is 17.6 Å². The van der Waals surface area contributed by atoms with Crippen molar-refractivity contribution in [1.29, 1.82) is 0 Å². The van der Waals surface area contributed by atoms with E-state index in [0.29, 0.717) is 21.2 Å². The molecule has 27 heavy (non-hydrogen) atoms. The van der Waals surface area contributed by atoms with E-state index in [4.69, 9.17) is 16.3 Å². The first-order chi connectivity index (χ1) is 13.1. The van der Waals surface area contributed by atoms with E-state index in [1.165, 1.54) is 16.2 Å². The Bertz CT molecular complexity index is 953. The van der Waals surface area contributed by atoms with Crippen molar-refractivity contribution in [3.05, 3.63) is 57.4 Å². The molecule has 7 heteroatoms. The SMILES string of the molecule is C[NH+]1CC[NH+](Cc2cc(Cl)c3cccnc3c2OC(=O)c2cccs2)CC1. The molecule has 0 amide bonds. The number of rotatable bonds is 4. The van der Waals surface area contributed by atoms with Crippen LogP contribution >= 0.6 is 22.9 Å². The van der Waals surface area contributed by atoms with Gasteiger partial charge in [-0.2, -0.15) is 0 Å². The van der Waals surface area contributed by atoms with Crippen LogP contribution in [0.25, 0.3) is 10.9 Å². The maximum absolute atomic E-state index is 12.6. The Balaban J connectivity index is 1.71. The molecule has 0 saturated carbocycles. The minimum atomic E-state index is -0.349. The van der Waals surface area contributed by atoms with E-state index in [1.54, 1.807) is 17.2 Å². The lowest BCUT2D eigenvalue weighted by atomic mass is 10.1. The zero-order valence-corrected chi connectivity index (χ0v) is 16.7. The average Bonchev–Trinajstić information content (AvgIpc) is 3.21. The summed E-state index contributed by atoms with van der Waals surface area (Å²) in [6.07, 6.45) is 1.71. The lowest BCUT2D eigenvalue weighted by molar-refractivity contribution is -1.01. The largest absolute Gasteiger partial charge is 0.419 e. The lowest BCUT2D eigenvalue weighted by Gasteiger charge is -2.28. The number of carbonyl (C=O) groups is 1. The molecular formula is C20H22ClN3O2S+2. The number of quaternary nitrogens is 2. The van der Waals surface area contributed by atoms with Gasteiger partial charge in [-0.1, -0.05) is 17.7 Å². The van der Waals surface area contributed by atoms with Crippen molar-refractivity contribution in [3.63, 3.8) is 0 Å². The maximum atomic E-state index is 12.6. The topological polar surface area (TPSA) is 48.1 Å². The second kappa shape index (κ2) is 7.94. The van der Waals surface area contributed by atoms with Crippen LogP contribution in [-0.2, 0) is 6.54 Å². The van der Waals surface area contributed by atoms with Crippen LogP contribution in [0.15, 0.2) is 41.9 Å². The van der Waals surface area contributed by atoms with Gasteiger partial charge in [-0.3, -0.25) is 4.98 Å². The Labute approximate surface area is 167 Å². The number of thiophene rings is 1. The highest BCUT2D eigenvalue weighted by Gasteiger charge is 2.25. The predicted octanol–water partition coefficient (Wildman–Crippen LogP) is 1.08. The van der Waals surface area contributed by atoms with E-state index in [0.717, 1.165) is 43.7 Å². The molecule has 0 bridgehead atoms. The van der Waals surface area contributed by atoms with E-state index >= 15 is 0 Å². The quantitative estimate of drug-likeness (QED) is 0.506. The molecule has 2 aromatic heterocycles. The minimum absolute atomic E-state index is 0.349. The molecule has 3 heterocycles. The summed E-state index contributed by atoms with van der Waals surface area (Å²) >= 11 is 7.89. The number of ether oxygens (including phenoxy) is 1. The number of carbonyl (C=O) groups excluding carboxylic acids is 1. The van der Waals surface area contributed by atoms with Crippen LogP contribution in [0.4, 0.5) is 0 Å². The predicted molar refractivity (Wildman–Crippen MR) is 107 cm³/mol. The molecule has 1 aliphatic rings. The van der Waals surface area contributed by atoms with Crippen molar-refractivity contribution in [3.8, 4) is 5.75 Å². The Kier molecular flexibility index (Phi) is 5.41. The molecule has 0 unspecified atom stereocenters. The first kappa shape index (κ1) is 18.4. The van der Waals surface area contributed by atoms with E-state index in [1.807, 2.05) is 29.6 Å². The number of nitrogens with one attached hydrogen (secondary N) is 2. The summed E-state index contributed by atoms with van der Waals surface area (Å²) in [6.45, 7) is 5.22. The highest BCUT2D eigenvalue weighted by molar-refractivity contribution is 7.12. The molecule has 0 atom stereocenters. The normalized spacial score (nSPS) is 19.9. The van der Waals surface area contributed by atoms with Crippen LogP contribution in [0, 0.1) is 0 Å². The molecule has 1 aromatic carbocycles. The fourth-order valence-corrected chi connectivity index (χ4v) is 4.37. The molecular weight excluding hydrogens is 382 g/mol. The standard InChI is InChI=1S/C20H20ClN3O2S/c1-23-7-9-24(10-8-23)13-14-12-16(21)15-4-2-6-22-18(15)19(14)26-20(25)17-5-3-11-27-17/h2-6,11-12H,7-10,13H2,1H3/p+2. The molecule has 2 N–H and O–H groups in total. The summed E-state index contributed by atoms with van der Waals surface area (Å²) < 4.78 is 5.85. The molecule has 1 aliphatic heterocycles. The molecule has 4 rings (SSSR count). The number of pyridine rings is 1. The Hall–Kier alpha value is -1.99. The summed E-state index contributed by atoms with van der Waals surface area (Å²) in [6, 6.07) is 9.29. The van der Waals surface area contributed by atoms with Gasteiger partial charge >= 0.3 is 5.97 Å². The number of likely N-dealkylation sites (N-methyl/N-ethyl adjacent to an activating group) is 1. The summed E-state index contributed by atoms with van der Waals surface area (Å²) in [5, 5.41) is 3.31. The van der Waals surface area contributed by atoms with Crippen molar-refractivity contribution in [1.82, 2.24) is 4.98 Å². The number of hydrogen-bond acceptors (Lipinski definition) is 4. The van der Waals surface area contributed by atoms with Gasteiger partial charge in [-0.15, -0.1) is 11.3 Å². The number of aromatic nitrogens is 1.